The van der Waals surface area contributed by atoms with Crippen LogP contribution in [0.4, 0.5) is 8.78 Å². The molecule has 3 aromatic carbocycles. The van der Waals surface area contributed by atoms with Crippen LogP contribution in [0.15, 0.2) is 92.8 Å². The van der Waals surface area contributed by atoms with Gasteiger partial charge in [-0.25, -0.2) is 18.1 Å². The van der Waals surface area contributed by atoms with Gasteiger partial charge in [0.1, 0.15) is 29.2 Å². The zero-order valence-electron chi connectivity index (χ0n) is 17.7. The molecule has 4 aromatic rings. The molecule has 1 aliphatic heterocycles. The fraction of sp³-hybridized carbons (Fsp3) is 0.0769. The van der Waals surface area contributed by atoms with Crippen LogP contribution >= 0.6 is 11.6 Å². The number of para-hydroxylation sites is 1. The topological polar surface area (TPSA) is 70.7 Å². The Hall–Kier alpha value is -4.17. The van der Waals surface area contributed by atoms with Gasteiger partial charge in [0.25, 0.3) is 11.5 Å². The fourth-order valence-electron chi connectivity index (χ4n) is 4.46. The Labute approximate surface area is 201 Å². The van der Waals surface area contributed by atoms with Crippen molar-refractivity contribution >= 4 is 11.6 Å². The molecule has 9 heteroatoms. The lowest BCUT2D eigenvalue weighted by Crippen LogP contribution is -2.37. The van der Waals surface area contributed by atoms with Crippen molar-refractivity contribution < 1.29 is 22.7 Å². The average Bonchev–Trinajstić information content (AvgIpc) is 3.25. The third-order valence-corrected chi connectivity index (χ3v) is 6.29. The number of aromatic nitrogens is 1. The minimum Gasteiger partial charge on any atom is -0.456 e. The summed E-state index contributed by atoms with van der Waals surface area (Å²) < 4.78 is 46.0. The fourth-order valence-corrected chi connectivity index (χ4v) is 4.64. The summed E-state index contributed by atoms with van der Waals surface area (Å²) >= 11 is 6.20. The summed E-state index contributed by atoms with van der Waals surface area (Å²) in [5.74, 6) is -3.18. The van der Waals surface area contributed by atoms with E-state index in [0.29, 0.717) is 32.5 Å². The molecule has 1 aliphatic carbocycles. The normalized spacial score (nSPS) is 17.6. The van der Waals surface area contributed by atoms with E-state index in [2.05, 4.69) is 0 Å². The predicted molar refractivity (Wildman–Crippen MR) is 123 cm³/mol. The molecule has 6 rings (SSSR count). The van der Waals surface area contributed by atoms with E-state index in [1.54, 1.807) is 54.6 Å². The molecule has 0 spiro atoms. The maximum absolute atomic E-state index is 14.5. The molecular formula is C26H14ClF2NO5. The van der Waals surface area contributed by atoms with Crippen LogP contribution < -0.4 is 16.1 Å². The summed E-state index contributed by atoms with van der Waals surface area (Å²) in [6.07, 6.45) is 0.929. The van der Waals surface area contributed by atoms with Gasteiger partial charge in [-0.3, -0.25) is 4.79 Å². The number of fused-ring (bicyclic) bond motifs is 6. The van der Waals surface area contributed by atoms with Gasteiger partial charge in [-0.2, -0.15) is 0 Å². The van der Waals surface area contributed by atoms with Crippen molar-refractivity contribution in [1.29, 1.82) is 0 Å². The van der Waals surface area contributed by atoms with Gasteiger partial charge in [-0.05, 0) is 24.3 Å². The number of nitrogens with zero attached hydrogens (tertiary/aromatic N) is 1. The first-order chi connectivity index (χ1) is 16.9. The van der Waals surface area contributed by atoms with Crippen molar-refractivity contribution in [2.75, 3.05) is 0 Å². The Morgan fingerprint density at radius 2 is 1.74 bits per heavy atom. The summed E-state index contributed by atoms with van der Waals surface area (Å²) in [6.45, 7) is 0. The molecule has 6 nitrogen and oxygen atoms in total. The van der Waals surface area contributed by atoms with Gasteiger partial charge >= 0.3 is 5.76 Å². The average molecular weight is 494 g/mol. The van der Waals surface area contributed by atoms with Gasteiger partial charge in [0, 0.05) is 23.3 Å². The van der Waals surface area contributed by atoms with Gasteiger partial charge in [0.15, 0.2) is 0 Å². The first kappa shape index (κ1) is 21.4. The molecule has 174 valence electrons. The lowest BCUT2D eigenvalue weighted by molar-refractivity contribution is 0.0599. The van der Waals surface area contributed by atoms with E-state index in [1.165, 1.54) is 0 Å². The number of rotatable bonds is 3. The molecule has 2 atom stereocenters. The molecule has 2 unspecified atom stereocenters. The zero-order chi connectivity index (χ0) is 24.3. The zero-order valence-corrected chi connectivity index (χ0v) is 18.5. The summed E-state index contributed by atoms with van der Waals surface area (Å²) in [5.41, 5.74) is 0.0584. The van der Waals surface area contributed by atoms with Crippen LogP contribution in [-0.2, 0) is 4.74 Å². The lowest BCUT2D eigenvalue weighted by atomic mass is 9.81. The van der Waals surface area contributed by atoms with E-state index in [0.717, 1.165) is 12.1 Å². The second-order valence-corrected chi connectivity index (χ2v) is 8.42. The predicted octanol–water partition coefficient (Wildman–Crippen LogP) is 5.48. The van der Waals surface area contributed by atoms with E-state index in [1.807, 2.05) is 0 Å². The number of halogens is 3. The Bertz CT molecular complexity index is 1660. The van der Waals surface area contributed by atoms with E-state index < -0.39 is 40.7 Å². The summed E-state index contributed by atoms with van der Waals surface area (Å²) in [5, 5.41) is 0.368. The molecule has 0 N–H and O–H groups in total. The van der Waals surface area contributed by atoms with Crippen LogP contribution in [-0.4, -0.2) is 4.57 Å². The lowest BCUT2D eigenvalue weighted by Gasteiger charge is -2.27. The maximum Gasteiger partial charge on any atom is 0.427 e. The molecular weight excluding hydrogens is 480 g/mol. The van der Waals surface area contributed by atoms with E-state index >= 15 is 0 Å². The van der Waals surface area contributed by atoms with E-state index in [9.17, 15) is 18.4 Å². The van der Waals surface area contributed by atoms with Crippen molar-refractivity contribution in [3.05, 3.63) is 127 Å². The smallest absolute Gasteiger partial charge is 0.427 e. The summed E-state index contributed by atoms with van der Waals surface area (Å²) in [4.78, 5) is 26.5. The van der Waals surface area contributed by atoms with Crippen molar-refractivity contribution in [2.24, 2.45) is 0 Å². The highest BCUT2D eigenvalue weighted by Crippen LogP contribution is 2.51. The maximum atomic E-state index is 14.5. The number of benzene rings is 3. The number of hydrogen-bond donors (Lipinski definition) is 0. The minimum absolute atomic E-state index is 0.0643. The number of hydrogen-bond acceptors (Lipinski definition) is 5. The van der Waals surface area contributed by atoms with Crippen LogP contribution in [0.5, 0.6) is 5.75 Å². The van der Waals surface area contributed by atoms with Crippen LogP contribution in [0.1, 0.15) is 23.1 Å². The SMILES string of the molecule is O=c1oc2c(c(=O)n1-c1ccc(F)cc1F)C1C=C(Oc3ccccc3Cl)OC1c1ccccc1-2. The monoisotopic (exact) mass is 493 g/mol. The first-order valence-electron chi connectivity index (χ1n) is 10.6. The van der Waals surface area contributed by atoms with Gasteiger partial charge in [-0.1, -0.05) is 48.0 Å². The quantitative estimate of drug-likeness (QED) is 0.378. The largest absolute Gasteiger partial charge is 0.456 e. The van der Waals surface area contributed by atoms with Gasteiger partial charge < -0.3 is 13.9 Å². The molecule has 0 amide bonds. The van der Waals surface area contributed by atoms with Gasteiger partial charge in [0.05, 0.1) is 22.2 Å². The van der Waals surface area contributed by atoms with Crippen LogP contribution in [0.2, 0.25) is 5.02 Å². The van der Waals surface area contributed by atoms with Crippen molar-refractivity contribution in [1.82, 2.24) is 4.57 Å². The molecule has 0 bridgehead atoms. The van der Waals surface area contributed by atoms with E-state index in [-0.39, 0.29) is 17.3 Å². The summed E-state index contributed by atoms with van der Waals surface area (Å²) in [7, 11) is 0. The Balaban J connectivity index is 1.56. The van der Waals surface area contributed by atoms with Crippen molar-refractivity contribution in [3.63, 3.8) is 0 Å². The number of ether oxygens (including phenoxy) is 2. The molecule has 2 aliphatic rings. The minimum atomic E-state index is -1.09. The molecule has 35 heavy (non-hydrogen) atoms. The highest BCUT2D eigenvalue weighted by molar-refractivity contribution is 6.32. The molecule has 1 aromatic heterocycles. The standard InChI is InChI=1S/C26H14ClF2NO5/c27-17-7-3-4-8-20(17)33-21-12-16-22-24(15-6-2-1-5-14(15)23(16)34-21)35-26(32)30(25(22)31)19-10-9-13(28)11-18(19)29/h1-12,16,23H. The highest BCUT2D eigenvalue weighted by Gasteiger charge is 2.43. The van der Waals surface area contributed by atoms with Crippen LogP contribution in [0, 0.1) is 11.6 Å². The molecule has 0 saturated carbocycles. The molecule has 2 heterocycles. The Morgan fingerprint density at radius 3 is 2.54 bits per heavy atom. The molecule has 0 saturated heterocycles. The summed E-state index contributed by atoms with van der Waals surface area (Å²) in [6, 6.07) is 16.4. The van der Waals surface area contributed by atoms with Crippen LogP contribution in [0.25, 0.3) is 17.0 Å². The highest BCUT2D eigenvalue weighted by atomic mass is 35.5. The molecule has 0 radical (unpaired) electrons. The van der Waals surface area contributed by atoms with E-state index in [4.69, 9.17) is 25.5 Å². The Morgan fingerprint density at radius 1 is 0.971 bits per heavy atom. The third kappa shape index (κ3) is 3.37. The Kier molecular flexibility index (Phi) is 4.86. The van der Waals surface area contributed by atoms with Crippen molar-refractivity contribution in [2.45, 2.75) is 12.0 Å². The van der Waals surface area contributed by atoms with Crippen molar-refractivity contribution in [3.8, 4) is 22.8 Å². The second kappa shape index (κ2) is 7.95. The van der Waals surface area contributed by atoms with Crippen LogP contribution in [0.3, 0.4) is 0 Å². The van der Waals surface area contributed by atoms with Gasteiger partial charge in [0.2, 0.25) is 0 Å². The molecule has 0 fully saturated rings. The first-order valence-corrected chi connectivity index (χ1v) is 11.0. The third-order valence-electron chi connectivity index (χ3n) is 5.98. The van der Waals surface area contributed by atoms with Gasteiger partial charge in [-0.15, -0.1) is 0 Å². The second-order valence-electron chi connectivity index (χ2n) is 8.02.